The summed E-state index contributed by atoms with van der Waals surface area (Å²) in [7, 11) is 0. The maximum atomic E-state index is 12.2. The van der Waals surface area contributed by atoms with E-state index in [1.54, 1.807) is 0 Å². The van der Waals surface area contributed by atoms with Crippen LogP contribution in [0.1, 0.15) is 32.8 Å². The van der Waals surface area contributed by atoms with E-state index in [-0.39, 0.29) is 5.91 Å². The number of carbonyl (C=O) groups excluding carboxylic acids is 1. The molecule has 0 saturated heterocycles. The molecular weight excluding hydrogens is 312 g/mol. The van der Waals surface area contributed by atoms with Crippen LogP contribution >= 0.6 is 0 Å². The Balaban J connectivity index is 1.90. The first kappa shape index (κ1) is 18.8. The summed E-state index contributed by atoms with van der Waals surface area (Å²) in [6.45, 7) is 8.81. The number of nitrogens with zero attached hydrogens (tertiary/aromatic N) is 1. The standard InChI is InChI=1S/C21H28N2O2/c1-4-23(5-2)19-14-12-18(13-15-19)22-21(24)16-11-17-9-7-8-10-20(17)25-6-3/h7-10,12-15H,4-6,11,16H2,1-3H3,(H,22,24). The van der Waals surface area contributed by atoms with Gasteiger partial charge in [0.25, 0.3) is 0 Å². The van der Waals surface area contributed by atoms with Crippen molar-refractivity contribution in [2.24, 2.45) is 0 Å². The summed E-state index contributed by atoms with van der Waals surface area (Å²) >= 11 is 0. The molecular formula is C21H28N2O2. The number of benzene rings is 2. The number of hydrogen-bond donors (Lipinski definition) is 1. The SMILES string of the molecule is CCOc1ccccc1CCC(=O)Nc1ccc(N(CC)CC)cc1. The third kappa shape index (κ3) is 5.52. The molecule has 0 aliphatic carbocycles. The van der Waals surface area contributed by atoms with Crippen LogP contribution in [-0.4, -0.2) is 25.6 Å². The van der Waals surface area contributed by atoms with Gasteiger partial charge in [0, 0.05) is 30.9 Å². The van der Waals surface area contributed by atoms with E-state index in [2.05, 4.69) is 24.1 Å². The van der Waals surface area contributed by atoms with E-state index in [9.17, 15) is 4.79 Å². The molecule has 0 bridgehead atoms. The van der Waals surface area contributed by atoms with Gasteiger partial charge in [0.1, 0.15) is 5.75 Å². The van der Waals surface area contributed by atoms with Crippen LogP contribution in [0.3, 0.4) is 0 Å². The van der Waals surface area contributed by atoms with Gasteiger partial charge in [-0.15, -0.1) is 0 Å². The fourth-order valence-electron chi connectivity index (χ4n) is 2.82. The lowest BCUT2D eigenvalue weighted by molar-refractivity contribution is -0.116. The molecule has 25 heavy (non-hydrogen) atoms. The van der Waals surface area contributed by atoms with Crippen LogP contribution in [0.4, 0.5) is 11.4 Å². The Hall–Kier alpha value is -2.49. The Morgan fingerprint density at radius 3 is 2.32 bits per heavy atom. The maximum Gasteiger partial charge on any atom is 0.224 e. The van der Waals surface area contributed by atoms with Crippen molar-refractivity contribution in [1.82, 2.24) is 0 Å². The summed E-state index contributed by atoms with van der Waals surface area (Å²) in [6.07, 6.45) is 1.10. The lowest BCUT2D eigenvalue weighted by Gasteiger charge is -2.21. The molecule has 0 spiro atoms. The number of hydrogen-bond acceptors (Lipinski definition) is 3. The summed E-state index contributed by atoms with van der Waals surface area (Å²) in [5.41, 5.74) is 3.07. The van der Waals surface area contributed by atoms with Crippen molar-refractivity contribution in [2.45, 2.75) is 33.6 Å². The molecule has 4 nitrogen and oxygen atoms in total. The van der Waals surface area contributed by atoms with Crippen LogP contribution < -0.4 is 15.0 Å². The molecule has 0 atom stereocenters. The summed E-state index contributed by atoms with van der Waals surface area (Å²) in [5.74, 6) is 0.878. The van der Waals surface area contributed by atoms with Crippen molar-refractivity contribution < 1.29 is 9.53 Å². The molecule has 0 unspecified atom stereocenters. The zero-order chi connectivity index (χ0) is 18.1. The van der Waals surface area contributed by atoms with Crippen LogP contribution in [0, 0.1) is 0 Å². The normalized spacial score (nSPS) is 10.4. The largest absolute Gasteiger partial charge is 0.494 e. The second kappa shape index (κ2) is 9.72. The summed E-state index contributed by atoms with van der Waals surface area (Å²) < 4.78 is 5.61. The van der Waals surface area contributed by atoms with E-state index in [0.29, 0.717) is 19.4 Å². The number of aryl methyl sites for hydroxylation is 1. The first-order chi connectivity index (χ1) is 12.2. The summed E-state index contributed by atoms with van der Waals surface area (Å²) in [4.78, 5) is 14.5. The van der Waals surface area contributed by atoms with Gasteiger partial charge in [0.15, 0.2) is 0 Å². The first-order valence-corrected chi connectivity index (χ1v) is 9.03. The third-order valence-corrected chi connectivity index (χ3v) is 4.17. The minimum absolute atomic E-state index is 0.0156. The van der Waals surface area contributed by atoms with Gasteiger partial charge in [0.2, 0.25) is 5.91 Å². The topological polar surface area (TPSA) is 41.6 Å². The molecule has 4 heteroatoms. The van der Waals surface area contributed by atoms with Crippen LogP contribution in [0.25, 0.3) is 0 Å². The van der Waals surface area contributed by atoms with Crippen molar-refractivity contribution in [3.8, 4) is 5.75 Å². The molecule has 0 saturated carbocycles. The number of para-hydroxylation sites is 1. The Morgan fingerprint density at radius 2 is 1.68 bits per heavy atom. The maximum absolute atomic E-state index is 12.2. The number of nitrogens with one attached hydrogen (secondary N) is 1. The monoisotopic (exact) mass is 340 g/mol. The van der Waals surface area contributed by atoms with Gasteiger partial charge in [-0.05, 0) is 63.1 Å². The lowest BCUT2D eigenvalue weighted by atomic mass is 10.1. The number of anilines is 2. The Labute approximate surface area is 150 Å². The fourth-order valence-corrected chi connectivity index (χ4v) is 2.82. The van der Waals surface area contributed by atoms with E-state index in [0.717, 1.165) is 30.1 Å². The minimum Gasteiger partial charge on any atom is -0.494 e. The molecule has 2 aromatic carbocycles. The Kier molecular flexibility index (Phi) is 7.33. The van der Waals surface area contributed by atoms with Gasteiger partial charge in [-0.3, -0.25) is 4.79 Å². The van der Waals surface area contributed by atoms with E-state index in [1.807, 2.05) is 55.5 Å². The van der Waals surface area contributed by atoms with E-state index in [4.69, 9.17) is 4.74 Å². The van der Waals surface area contributed by atoms with Crippen molar-refractivity contribution in [3.05, 3.63) is 54.1 Å². The quantitative estimate of drug-likeness (QED) is 0.730. The first-order valence-electron chi connectivity index (χ1n) is 9.03. The highest BCUT2D eigenvalue weighted by Crippen LogP contribution is 2.21. The highest BCUT2D eigenvalue weighted by Gasteiger charge is 2.08. The Bertz CT molecular complexity index is 664. The van der Waals surface area contributed by atoms with Crippen molar-refractivity contribution in [2.75, 3.05) is 29.9 Å². The molecule has 0 aliphatic rings. The number of carbonyl (C=O) groups is 1. The van der Waals surface area contributed by atoms with Crippen molar-refractivity contribution in [3.63, 3.8) is 0 Å². The molecule has 1 amide bonds. The van der Waals surface area contributed by atoms with Gasteiger partial charge in [-0.25, -0.2) is 0 Å². The molecule has 0 radical (unpaired) electrons. The van der Waals surface area contributed by atoms with Crippen molar-refractivity contribution in [1.29, 1.82) is 0 Å². The predicted octanol–water partition coefficient (Wildman–Crippen LogP) is 4.50. The highest BCUT2D eigenvalue weighted by molar-refractivity contribution is 5.91. The molecule has 0 heterocycles. The van der Waals surface area contributed by atoms with Gasteiger partial charge < -0.3 is 15.0 Å². The Morgan fingerprint density at radius 1 is 1.00 bits per heavy atom. The van der Waals surface area contributed by atoms with Gasteiger partial charge >= 0.3 is 0 Å². The second-order valence-electron chi connectivity index (χ2n) is 5.81. The molecule has 134 valence electrons. The van der Waals surface area contributed by atoms with E-state index in [1.165, 1.54) is 5.69 Å². The van der Waals surface area contributed by atoms with Crippen LogP contribution in [0.2, 0.25) is 0 Å². The molecule has 2 aromatic rings. The van der Waals surface area contributed by atoms with Crippen LogP contribution in [0.15, 0.2) is 48.5 Å². The molecule has 0 aromatic heterocycles. The van der Waals surface area contributed by atoms with Crippen molar-refractivity contribution >= 4 is 17.3 Å². The molecule has 1 N–H and O–H groups in total. The summed E-state index contributed by atoms with van der Waals surface area (Å²) in [6, 6.07) is 15.9. The van der Waals surface area contributed by atoms with E-state index >= 15 is 0 Å². The highest BCUT2D eigenvalue weighted by atomic mass is 16.5. The summed E-state index contributed by atoms with van der Waals surface area (Å²) in [5, 5.41) is 2.97. The smallest absolute Gasteiger partial charge is 0.224 e. The predicted molar refractivity (Wildman–Crippen MR) is 105 cm³/mol. The van der Waals surface area contributed by atoms with E-state index < -0.39 is 0 Å². The van der Waals surface area contributed by atoms with Gasteiger partial charge in [-0.1, -0.05) is 18.2 Å². The zero-order valence-corrected chi connectivity index (χ0v) is 15.4. The second-order valence-corrected chi connectivity index (χ2v) is 5.81. The average molecular weight is 340 g/mol. The number of amides is 1. The van der Waals surface area contributed by atoms with Gasteiger partial charge in [0.05, 0.1) is 6.61 Å². The minimum atomic E-state index is 0.0156. The number of rotatable bonds is 9. The molecule has 0 fully saturated rings. The third-order valence-electron chi connectivity index (χ3n) is 4.17. The van der Waals surface area contributed by atoms with Crippen LogP contribution in [-0.2, 0) is 11.2 Å². The average Bonchev–Trinajstić information content (AvgIpc) is 2.64. The van der Waals surface area contributed by atoms with Crippen LogP contribution in [0.5, 0.6) is 5.75 Å². The molecule has 0 aliphatic heterocycles. The lowest BCUT2D eigenvalue weighted by Crippen LogP contribution is -2.21. The number of ether oxygens (including phenoxy) is 1. The van der Waals surface area contributed by atoms with Gasteiger partial charge in [-0.2, -0.15) is 0 Å². The molecule has 2 rings (SSSR count). The fraction of sp³-hybridized carbons (Fsp3) is 0.381. The zero-order valence-electron chi connectivity index (χ0n) is 15.4.